The summed E-state index contributed by atoms with van der Waals surface area (Å²) in [5.41, 5.74) is 0.913. The van der Waals surface area contributed by atoms with Gasteiger partial charge in [-0.3, -0.25) is 0 Å². The van der Waals surface area contributed by atoms with Crippen molar-refractivity contribution in [2.75, 3.05) is 0 Å². The smallest absolute Gasteiger partial charge is 0.0235 e. The first kappa shape index (κ1) is 7.41. The average molecular weight is 164 g/mol. The summed E-state index contributed by atoms with van der Waals surface area (Å²) < 4.78 is 0. The van der Waals surface area contributed by atoms with E-state index in [1.165, 1.54) is 24.7 Å². The van der Waals surface area contributed by atoms with Crippen LogP contribution in [-0.2, 0) is 0 Å². The molecule has 0 N–H and O–H groups in total. The fourth-order valence-electron chi connectivity index (χ4n) is 3.88. The molecule has 0 aromatic rings. The van der Waals surface area contributed by atoms with Gasteiger partial charge in [-0.2, -0.15) is 0 Å². The van der Waals surface area contributed by atoms with Gasteiger partial charge >= 0.3 is 0 Å². The first-order chi connectivity index (χ1) is 5.83. The van der Waals surface area contributed by atoms with E-state index in [-0.39, 0.29) is 0 Å². The fraction of sp³-hybridized carbons (Fsp3) is 1.00. The molecule has 0 nitrogen and oxygen atoms in total. The minimum Gasteiger partial charge on any atom is -0.0622 e. The molecule has 0 saturated heterocycles. The Hall–Kier alpha value is 0. The third-order valence-electron chi connectivity index (χ3n) is 4.82. The molecule has 3 fully saturated rings. The van der Waals surface area contributed by atoms with Crippen molar-refractivity contribution >= 4 is 0 Å². The van der Waals surface area contributed by atoms with Gasteiger partial charge in [-0.05, 0) is 48.9 Å². The molecule has 3 aliphatic carbocycles. The summed E-state index contributed by atoms with van der Waals surface area (Å²) in [4.78, 5) is 0. The van der Waals surface area contributed by atoms with Gasteiger partial charge in [-0.1, -0.05) is 26.2 Å². The molecule has 3 aliphatic rings. The highest BCUT2D eigenvalue weighted by Crippen LogP contribution is 2.71. The van der Waals surface area contributed by atoms with E-state index in [9.17, 15) is 0 Å². The molecule has 0 heteroatoms. The van der Waals surface area contributed by atoms with Gasteiger partial charge in [0, 0.05) is 0 Å². The molecule has 0 spiro atoms. The van der Waals surface area contributed by atoms with E-state index in [1.54, 1.807) is 32.1 Å². The second-order valence-corrected chi connectivity index (χ2v) is 5.55. The molecule has 68 valence electrons. The predicted molar refractivity (Wildman–Crippen MR) is 50.9 cm³/mol. The van der Waals surface area contributed by atoms with E-state index >= 15 is 0 Å². The van der Waals surface area contributed by atoms with Gasteiger partial charge in [0.25, 0.3) is 0 Å². The Balaban J connectivity index is 1.74. The summed E-state index contributed by atoms with van der Waals surface area (Å²) in [5, 5.41) is 0. The Bertz CT molecular complexity index is 196. The van der Waals surface area contributed by atoms with E-state index in [2.05, 4.69) is 6.92 Å². The quantitative estimate of drug-likeness (QED) is 0.555. The van der Waals surface area contributed by atoms with Crippen LogP contribution in [0, 0.1) is 23.2 Å². The third kappa shape index (κ3) is 0.900. The Labute approximate surface area is 75.7 Å². The summed E-state index contributed by atoms with van der Waals surface area (Å²) in [5.74, 6) is 3.43. The number of hydrogen-bond donors (Lipinski definition) is 0. The lowest BCUT2D eigenvalue weighted by atomic mass is 9.91. The van der Waals surface area contributed by atoms with Crippen molar-refractivity contribution in [2.24, 2.45) is 23.2 Å². The summed E-state index contributed by atoms with van der Waals surface area (Å²) in [6, 6.07) is 0. The van der Waals surface area contributed by atoms with Crippen LogP contribution in [0.2, 0.25) is 0 Å². The Morgan fingerprint density at radius 2 is 2.00 bits per heavy atom. The van der Waals surface area contributed by atoms with Crippen LogP contribution in [0.25, 0.3) is 0 Å². The van der Waals surface area contributed by atoms with Crippen molar-refractivity contribution in [2.45, 2.75) is 51.9 Å². The highest BCUT2D eigenvalue weighted by Gasteiger charge is 2.63. The first-order valence-electron chi connectivity index (χ1n) is 5.83. The number of rotatable bonds is 1. The summed E-state index contributed by atoms with van der Waals surface area (Å²) in [6.07, 6.45) is 10.9. The molecular formula is C12H20. The molecule has 3 rings (SSSR count). The van der Waals surface area contributed by atoms with Crippen molar-refractivity contribution in [1.82, 2.24) is 0 Å². The number of fused-ring (bicyclic) bond motifs is 1. The molecule has 0 aromatic carbocycles. The molecule has 0 amide bonds. The summed E-state index contributed by atoms with van der Waals surface area (Å²) in [6.45, 7) is 2.46. The van der Waals surface area contributed by atoms with E-state index < -0.39 is 0 Å². The maximum Gasteiger partial charge on any atom is -0.0235 e. The molecule has 0 aliphatic heterocycles. The molecule has 0 aromatic heterocycles. The normalized spacial score (nSPS) is 57.2. The molecule has 4 atom stereocenters. The van der Waals surface area contributed by atoms with E-state index in [1.807, 2.05) is 0 Å². The molecule has 12 heavy (non-hydrogen) atoms. The zero-order chi connectivity index (χ0) is 8.18. The Morgan fingerprint density at radius 1 is 1.17 bits per heavy atom. The molecule has 0 heterocycles. The van der Waals surface area contributed by atoms with Gasteiger partial charge in [0.1, 0.15) is 0 Å². The van der Waals surface area contributed by atoms with Crippen LogP contribution in [0.1, 0.15) is 51.9 Å². The van der Waals surface area contributed by atoms with Crippen LogP contribution >= 0.6 is 0 Å². The van der Waals surface area contributed by atoms with Gasteiger partial charge < -0.3 is 0 Å². The van der Waals surface area contributed by atoms with Crippen LogP contribution in [0.4, 0.5) is 0 Å². The zero-order valence-electron chi connectivity index (χ0n) is 8.18. The van der Waals surface area contributed by atoms with Crippen LogP contribution in [-0.4, -0.2) is 0 Å². The highest BCUT2D eigenvalue weighted by molar-refractivity contribution is 5.12. The second-order valence-electron chi connectivity index (χ2n) is 5.55. The topological polar surface area (TPSA) is 0 Å². The van der Waals surface area contributed by atoms with Crippen molar-refractivity contribution in [1.29, 1.82) is 0 Å². The van der Waals surface area contributed by atoms with Crippen LogP contribution < -0.4 is 0 Å². The van der Waals surface area contributed by atoms with Crippen molar-refractivity contribution in [3.8, 4) is 0 Å². The van der Waals surface area contributed by atoms with Gasteiger partial charge in [-0.15, -0.1) is 0 Å². The van der Waals surface area contributed by atoms with E-state index in [0.29, 0.717) is 0 Å². The van der Waals surface area contributed by atoms with Crippen LogP contribution in [0.15, 0.2) is 0 Å². The van der Waals surface area contributed by atoms with E-state index in [4.69, 9.17) is 0 Å². The number of hydrogen-bond acceptors (Lipinski definition) is 0. The third-order valence-corrected chi connectivity index (χ3v) is 4.82. The average Bonchev–Trinajstić information content (AvgIpc) is 2.80. The lowest BCUT2D eigenvalue weighted by Crippen LogP contribution is -2.06. The van der Waals surface area contributed by atoms with Crippen molar-refractivity contribution in [3.63, 3.8) is 0 Å². The predicted octanol–water partition coefficient (Wildman–Crippen LogP) is 3.61. The SMILES string of the molecule is CC1CC1C12CCCCCC1C2. The lowest BCUT2D eigenvalue weighted by Gasteiger charge is -2.14. The van der Waals surface area contributed by atoms with E-state index in [0.717, 1.165) is 11.3 Å². The first-order valence-corrected chi connectivity index (χ1v) is 5.83. The largest absolute Gasteiger partial charge is 0.0622 e. The van der Waals surface area contributed by atoms with Crippen molar-refractivity contribution in [3.05, 3.63) is 0 Å². The second kappa shape index (κ2) is 2.27. The minimum atomic E-state index is 0.913. The minimum absolute atomic E-state index is 0.913. The maximum atomic E-state index is 2.46. The van der Waals surface area contributed by atoms with Gasteiger partial charge in [0.15, 0.2) is 0 Å². The van der Waals surface area contributed by atoms with Crippen LogP contribution in [0.3, 0.4) is 0 Å². The Kier molecular flexibility index (Phi) is 1.40. The van der Waals surface area contributed by atoms with Crippen LogP contribution in [0.5, 0.6) is 0 Å². The van der Waals surface area contributed by atoms with Gasteiger partial charge in [-0.25, -0.2) is 0 Å². The molecule has 0 radical (unpaired) electrons. The molecule has 0 bridgehead atoms. The molecule has 3 saturated carbocycles. The Morgan fingerprint density at radius 3 is 2.75 bits per heavy atom. The lowest BCUT2D eigenvalue weighted by molar-refractivity contribution is 0.350. The summed E-state index contributed by atoms with van der Waals surface area (Å²) in [7, 11) is 0. The standard InChI is InChI=1S/C12H20/c1-9-7-11(9)12-6-4-2-3-5-10(12)8-12/h9-11H,2-8H2,1H3. The zero-order valence-corrected chi connectivity index (χ0v) is 8.18. The fourth-order valence-corrected chi connectivity index (χ4v) is 3.88. The molecule has 4 unspecified atom stereocenters. The van der Waals surface area contributed by atoms with Crippen molar-refractivity contribution < 1.29 is 0 Å². The van der Waals surface area contributed by atoms with Gasteiger partial charge in [0.05, 0.1) is 0 Å². The van der Waals surface area contributed by atoms with Gasteiger partial charge in [0.2, 0.25) is 0 Å². The summed E-state index contributed by atoms with van der Waals surface area (Å²) >= 11 is 0. The molecular weight excluding hydrogens is 144 g/mol. The monoisotopic (exact) mass is 164 g/mol. The highest BCUT2D eigenvalue weighted by atomic mass is 14.7. The maximum absolute atomic E-state index is 2.46.